The maximum absolute atomic E-state index is 8.98. The molecule has 0 saturated heterocycles. The molecule has 0 fully saturated rings. The molecule has 1 nitrogen and oxygen atoms in total. The summed E-state index contributed by atoms with van der Waals surface area (Å²) < 4.78 is 0. The molecule has 0 bridgehead atoms. The van der Waals surface area contributed by atoms with Gasteiger partial charge in [0, 0.05) is 0 Å². The Morgan fingerprint density at radius 2 is 1.55 bits per heavy atom. The molecule has 0 heterocycles. The van der Waals surface area contributed by atoms with E-state index in [0.717, 1.165) is 0 Å². The number of allylic oxidation sites excluding steroid dienone is 1. The highest BCUT2D eigenvalue weighted by Gasteiger charge is 2.16. The molecule has 66 valence electrons. The van der Waals surface area contributed by atoms with Crippen LogP contribution >= 0.6 is 0 Å². The molecule has 0 aliphatic heterocycles. The number of hydrogen-bond donors (Lipinski definition) is 1. The molecule has 0 aromatic heterocycles. The smallest absolute Gasteiger partial charge is 0.0692 e. The molecule has 0 amide bonds. The van der Waals surface area contributed by atoms with E-state index in [-0.39, 0.29) is 6.10 Å². The van der Waals surface area contributed by atoms with Crippen LogP contribution in [0.5, 0.6) is 0 Å². The van der Waals surface area contributed by atoms with E-state index in [0.29, 0.717) is 11.3 Å². The van der Waals surface area contributed by atoms with Crippen molar-refractivity contribution in [3.63, 3.8) is 0 Å². The fraction of sp³-hybridized carbons (Fsp3) is 0.800. The van der Waals surface area contributed by atoms with Crippen LogP contribution in [0.1, 0.15) is 34.6 Å². The van der Waals surface area contributed by atoms with Gasteiger partial charge < -0.3 is 5.11 Å². The van der Waals surface area contributed by atoms with Gasteiger partial charge in [0.2, 0.25) is 0 Å². The van der Waals surface area contributed by atoms with Crippen molar-refractivity contribution in [2.45, 2.75) is 40.7 Å². The molecule has 0 aromatic carbocycles. The number of rotatable bonds is 2. The fourth-order valence-corrected chi connectivity index (χ4v) is 0.616. The van der Waals surface area contributed by atoms with Gasteiger partial charge in [-0.05, 0) is 18.3 Å². The monoisotopic (exact) mass is 156 g/mol. The van der Waals surface area contributed by atoms with Gasteiger partial charge in [0.25, 0.3) is 0 Å². The first-order chi connectivity index (χ1) is 4.84. The second-order valence-electron chi connectivity index (χ2n) is 4.28. The van der Waals surface area contributed by atoms with Crippen LogP contribution in [0.15, 0.2) is 12.2 Å². The van der Waals surface area contributed by atoms with Gasteiger partial charge in [-0.15, -0.1) is 0 Å². The molecular weight excluding hydrogens is 136 g/mol. The van der Waals surface area contributed by atoms with Crippen molar-refractivity contribution in [2.24, 2.45) is 11.3 Å². The number of aliphatic hydroxyl groups is 1. The van der Waals surface area contributed by atoms with E-state index in [1.807, 2.05) is 6.08 Å². The topological polar surface area (TPSA) is 20.2 Å². The van der Waals surface area contributed by atoms with Crippen LogP contribution in [0.3, 0.4) is 0 Å². The third-order valence-corrected chi connectivity index (χ3v) is 2.04. The maximum Gasteiger partial charge on any atom is 0.0692 e. The first-order valence-corrected chi connectivity index (χ1v) is 4.20. The Bertz CT molecular complexity index is 128. The highest BCUT2D eigenvalue weighted by Crippen LogP contribution is 2.26. The first-order valence-electron chi connectivity index (χ1n) is 4.20. The van der Waals surface area contributed by atoms with Gasteiger partial charge in [-0.25, -0.2) is 0 Å². The summed E-state index contributed by atoms with van der Waals surface area (Å²) in [4.78, 5) is 0. The fourth-order valence-electron chi connectivity index (χ4n) is 0.616. The Morgan fingerprint density at radius 1 is 1.09 bits per heavy atom. The van der Waals surface area contributed by atoms with E-state index in [1.54, 1.807) is 6.92 Å². The molecule has 1 heteroatoms. The van der Waals surface area contributed by atoms with Crippen LogP contribution in [-0.4, -0.2) is 11.2 Å². The molecule has 0 spiro atoms. The molecule has 0 aromatic rings. The Labute approximate surface area is 70.1 Å². The minimum Gasteiger partial charge on any atom is -0.389 e. The van der Waals surface area contributed by atoms with Crippen molar-refractivity contribution in [1.82, 2.24) is 0 Å². The van der Waals surface area contributed by atoms with Crippen molar-refractivity contribution in [3.05, 3.63) is 12.2 Å². The molecule has 0 saturated carbocycles. The lowest BCUT2D eigenvalue weighted by molar-refractivity contribution is 0.240. The molecule has 1 N–H and O–H groups in total. The first kappa shape index (κ1) is 10.7. The lowest BCUT2D eigenvalue weighted by Crippen LogP contribution is -2.15. The summed E-state index contributed by atoms with van der Waals surface area (Å²) in [5.41, 5.74) is 0.297. The lowest BCUT2D eigenvalue weighted by Gasteiger charge is -2.24. The zero-order valence-corrected chi connectivity index (χ0v) is 8.26. The van der Waals surface area contributed by atoms with E-state index in [4.69, 9.17) is 5.11 Å². The van der Waals surface area contributed by atoms with E-state index in [2.05, 4.69) is 33.8 Å². The van der Waals surface area contributed by atoms with E-state index >= 15 is 0 Å². The maximum atomic E-state index is 8.98. The Kier molecular flexibility index (Phi) is 3.81. The molecule has 2 unspecified atom stereocenters. The highest BCUT2D eigenvalue weighted by molar-refractivity contribution is 4.94. The van der Waals surface area contributed by atoms with Gasteiger partial charge in [0.05, 0.1) is 6.10 Å². The Balaban J connectivity index is 3.97. The Hall–Kier alpha value is -0.300. The van der Waals surface area contributed by atoms with Gasteiger partial charge in [-0.2, -0.15) is 0 Å². The zero-order valence-electron chi connectivity index (χ0n) is 8.26. The van der Waals surface area contributed by atoms with Crippen LogP contribution in [0, 0.1) is 11.3 Å². The molecule has 11 heavy (non-hydrogen) atoms. The third-order valence-electron chi connectivity index (χ3n) is 2.04. The van der Waals surface area contributed by atoms with Gasteiger partial charge in [0.1, 0.15) is 0 Å². The molecule has 0 rings (SSSR count). The number of aliphatic hydroxyl groups excluding tert-OH is 1. The predicted molar refractivity (Wildman–Crippen MR) is 49.4 cm³/mol. The normalized spacial score (nSPS) is 18.7. The summed E-state index contributed by atoms with van der Waals surface area (Å²) in [5.74, 6) is 0.511. The van der Waals surface area contributed by atoms with Crippen LogP contribution in [0.2, 0.25) is 0 Å². The predicted octanol–water partition coefficient (Wildman–Crippen LogP) is 2.61. The average Bonchev–Trinajstić information content (AvgIpc) is 1.80. The van der Waals surface area contributed by atoms with Crippen LogP contribution in [0.25, 0.3) is 0 Å². The van der Waals surface area contributed by atoms with Crippen molar-refractivity contribution in [2.75, 3.05) is 0 Å². The lowest BCUT2D eigenvalue weighted by atomic mass is 9.82. The Morgan fingerprint density at radius 3 is 1.82 bits per heavy atom. The van der Waals surface area contributed by atoms with Gasteiger partial charge in [0.15, 0.2) is 0 Å². The zero-order chi connectivity index (χ0) is 9.07. The van der Waals surface area contributed by atoms with Crippen LogP contribution in [-0.2, 0) is 0 Å². The van der Waals surface area contributed by atoms with Crippen molar-refractivity contribution < 1.29 is 5.11 Å². The van der Waals surface area contributed by atoms with Gasteiger partial charge in [-0.3, -0.25) is 0 Å². The summed E-state index contributed by atoms with van der Waals surface area (Å²) in [5, 5.41) is 8.98. The van der Waals surface area contributed by atoms with E-state index < -0.39 is 0 Å². The third kappa shape index (κ3) is 5.02. The van der Waals surface area contributed by atoms with E-state index in [1.165, 1.54) is 0 Å². The second-order valence-corrected chi connectivity index (χ2v) is 4.28. The van der Waals surface area contributed by atoms with Crippen molar-refractivity contribution in [3.8, 4) is 0 Å². The standard InChI is InChI=1S/C10H20O/c1-8(10(3,4)5)6-7-9(2)11/h6-9,11H,1-5H3/b7-6+. The van der Waals surface area contributed by atoms with Crippen molar-refractivity contribution >= 4 is 0 Å². The van der Waals surface area contributed by atoms with E-state index in [9.17, 15) is 0 Å². The van der Waals surface area contributed by atoms with Crippen LogP contribution < -0.4 is 0 Å². The summed E-state index contributed by atoms with van der Waals surface area (Å²) in [6.45, 7) is 10.5. The molecule has 0 aliphatic carbocycles. The average molecular weight is 156 g/mol. The van der Waals surface area contributed by atoms with Gasteiger partial charge in [-0.1, -0.05) is 39.8 Å². The minimum absolute atomic E-state index is 0.297. The summed E-state index contributed by atoms with van der Waals surface area (Å²) in [6, 6.07) is 0. The molecular formula is C10H20O. The molecule has 2 atom stereocenters. The number of hydrogen-bond acceptors (Lipinski definition) is 1. The minimum atomic E-state index is -0.320. The quantitative estimate of drug-likeness (QED) is 0.609. The molecule has 0 radical (unpaired) electrons. The highest BCUT2D eigenvalue weighted by atomic mass is 16.3. The van der Waals surface area contributed by atoms with Crippen molar-refractivity contribution in [1.29, 1.82) is 0 Å². The summed E-state index contributed by atoms with van der Waals surface area (Å²) in [6.07, 6.45) is 3.60. The largest absolute Gasteiger partial charge is 0.389 e. The SMILES string of the molecule is CC(O)/C=C/C(C)C(C)(C)C. The summed E-state index contributed by atoms with van der Waals surface area (Å²) in [7, 11) is 0. The second kappa shape index (κ2) is 3.91. The summed E-state index contributed by atoms with van der Waals surface area (Å²) >= 11 is 0. The van der Waals surface area contributed by atoms with Gasteiger partial charge >= 0.3 is 0 Å². The molecule has 0 aliphatic rings. The van der Waals surface area contributed by atoms with Crippen LogP contribution in [0.4, 0.5) is 0 Å².